The number of hydrogen-bond donors (Lipinski definition) is 0. The highest BCUT2D eigenvalue weighted by Crippen LogP contribution is 2.37. The van der Waals surface area contributed by atoms with Gasteiger partial charge in [-0.25, -0.2) is 0 Å². The Balaban J connectivity index is 1.60. The predicted molar refractivity (Wildman–Crippen MR) is 127 cm³/mol. The number of nitrogens with zero attached hydrogens (tertiary/aromatic N) is 2. The first-order valence-electron chi connectivity index (χ1n) is 10.1. The van der Waals surface area contributed by atoms with Crippen molar-refractivity contribution in [1.29, 1.82) is 0 Å². The van der Waals surface area contributed by atoms with Gasteiger partial charge in [0.05, 0.1) is 11.4 Å². The minimum Gasteiger partial charge on any atom is -0.150 e. The summed E-state index contributed by atoms with van der Waals surface area (Å²) in [6.07, 6.45) is 0. The van der Waals surface area contributed by atoms with E-state index in [0.717, 1.165) is 22.1 Å². The van der Waals surface area contributed by atoms with Crippen LogP contribution in [0.25, 0.3) is 43.1 Å². The molecule has 0 aliphatic carbocycles. The number of hydrogen-bond acceptors (Lipinski definition) is 2. The van der Waals surface area contributed by atoms with Gasteiger partial charge in [-0.1, -0.05) is 97.1 Å². The standard InChI is InChI=1S/C28H18N2/c1-3-11-21-19(9-1)17-27(25-15-7-5-13-23(21)25)29-30-28-18-20-10-2-4-12-22(20)24-14-6-8-16-26(24)28/h1-18H. The summed E-state index contributed by atoms with van der Waals surface area (Å²) in [7, 11) is 0. The van der Waals surface area contributed by atoms with Gasteiger partial charge in [-0.05, 0) is 44.5 Å². The number of azo groups is 1. The molecule has 0 saturated heterocycles. The van der Waals surface area contributed by atoms with Crippen molar-refractivity contribution in [1.82, 2.24) is 0 Å². The van der Waals surface area contributed by atoms with Gasteiger partial charge in [0, 0.05) is 10.8 Å². The monoisotopic (exact) mass is 382 g/mol. The summed E-state index contributed by atoms with van der Waals surface area (Å²) >= 11 is 0. The summed E-state index contributed by atoms with van der Waals surface area (Å²) in [5.41, 5.74) is 1.78. The number of benzene rings is 6. The second-order valence-corrected chi connectivity index (χ2v) is 7.52. The van der Waals surface area contributed by atoms with Crippen LogP contribution in [-0.4, -0.2) is 0 Å². The van der Waals surface area contributed by atoms with E-state index in [4.69, 9.17) is 10.2 Å². The zero-order chi connectivity index (χ0) is 19.9. The summed E-state index contributed by atoms with van der Waals surface area (Å²) in [5, 5.41) is 18.9. The largest absolute Gasteiger partial charge is 0.150 e. The zero-order valence-electron chi connectivity index (χ0n) is 16.3. The average Bonchev–Trinajstić information content (AvgIpc) is 2.82. The lowest BCUT2D eigenvalue weighted by molar-refractivity contribution is 1.26. The van der Waals surface area contributed by atoms with E-state index in [1.807, 2.05) is 0 Å². The molecule has 0 spiro atoms. The lowest BCUT2D eigenvalue weighted by Crippen LogP contribution is -1.80. The first-order chi connectivity index (χ1) is 14.9. The van der Waals surface area contributed by atoms with E-state index in [-0.39, 0.29) is 0 Å². The summed E-state index contributed by atoms with van der Waals surface area (Å²) in [6, 6.07) is 38.0. The Kier molecular flexibility index (Phi) is 3.82. The maximum absolute atomic E-state index is 4.74. The molecule has 2 nitrogen and oxygen atoms in total. The van der Waals surface area contributed by atoms with Gasteiger partial charge in [0.1, 0.15) is 0 Å². The second-order valence-electron chi connectivity index (χ2n) is 7.52. The third-order valence-corrected chi connectivity index (χ3v) is 5.76. The SMILES string of the molecule is c1ccc2c(c1)cc(N=Nc1cc3ccccc3c3ccccc13)c1ccccc12. The smallest absolute Gasteiger partial charge is 0.0941 e. The molecule has 6 rings (SSSR count). The Morgan fingerprint density at radius 3 is 1.10 bits per heavy atom. The van der Waals surface area contributed by atoms with Crippen LogP contribution in [0, 0.1) is 0 Å². The second kappa shape index (κ2) is 6.78. The Labute approximate surface area is 174 Å². The van der Waals surface area contributed by atoms with Crippen molar-refractivity contribution in [3.05, 3.63) is 109 Å². The van der Waals surface area contributed by atoms with Crippen LogP contribution in [0.1, 0.15) is 0 Å². The number of rotatable bonds is 2. The van der Waals surface area contributed by atoms with Crippen molar-refractivity contribution in [2.45, 2.75) is 0 Å². The molecule has 6 aromatic rings. The molecule has 0 unspecified atom stereocenters. The fourth-order valence-electron chi connectivity index (χ4n) is 4.34. The Morgan fingerprint density at radius 1 is 0.333 bits per heavy atom. The van der Waals surface area contributed by atoms with Crippen molar-refractivity contribution in [3.63, 3.8) is 0 Å². The van der Waals surface area contributed by atoms with Crippen molar-refractivity contribution < 1.29 is 0 Å². The van der Waals surface area contributed by atoms with Crippen LogP contribution >= 0.6 is 0 Å². The van der Waals surface area contributed by atoms with Crippen LogP contribution in [-0.2, 0) is 0 Å². The third kappa shape index (κ3) is 2.66. The lowest BCUT2D eigenvalue weighted by Gasteiger charge is -2.08. The molecule has 0 saturated carbocycles. The molecule has 0 N–H and O–H groups in total. The molecule has 0 aliphatic rings. The first-order valence-corrected chi connectivity index (χ1v) is 10.1. The van der Waals surface area contributed by atoms with Crippen molar-refractivity contribution in [3.8, 4) is 0 Å². The maximum Gasteiger partial charge on any atom is 0.0941 e. The molecule has 30 heavy (non-hydrogen) atoms. The quantitative estimate of drug-likeness (QED) is 0.211. The molecule has 0 bridgehead atoms. The van der Waals surface area contributed by atoms with Crippen LogP contribution in [0.5, 0.6) is 0 Å². The molecule has 0 fully saturated rings. The van der Waals surface area contributed by atoms with Crippen LogP contribution in [0.3, 0.4) is 0 Å². The molecule has 0 radical (unpaired) electrons. The van der Waals surface area contributed by atoms with Crippen molar-refractivity contribution in [2.24, 2.45) is 10.2 Å². The fourth-order valence-corrected chi connectivity index (χ4v) is 4.34. The van der Waals surface area contributed by atoms with E-state index in [9.17, 15) is 0 Å². The van der Waals surface area contributed by atoms with Gasteiger partial charge < -0.3 is 0 Å². The normalized spacial score (nSPS) is 11.9. The fraction of sp³-hybridized carbons (Fsp3) is 0. The molecule has 140 valence electrons. The first kappa shape index (κ1) is 16.9. The van der Waals surface area contributed by atoms with E-state index >= 15 is 0 Å². The highest BCUT2D eigenvalue weighted by molar-refractivity contribution is 6.13. The molecule has 6 aromatic carbocycles. The van der Waals surface area contributed by atoms with Crippen LogP contribution in [0.4, 0.5) is 11.4 Å². The average molecular weight is 382 g/mol. The van der Waals surface area contributed by atoms with Crippen molar-refractivity contribution >= 4 is 54.5 Å². The highest BCUT2D eigenvalue weighted by Gasteiger charge is 2.08. The Bertz CT molecular complexity index is 1470. The predicted octanol–water partition coefficient (Wildman–Crippen LogP) is 8.71. The lowest BCUT2D eigenvalue weighted by atomic mass is 10.0. The van der Waals surface area contributed by atoms with E-state index in [1.165, 1.54) is 32.3 Å². The van der Waals surface area contributed by atoms with Gasteiger partial charge in [-0.2, -0.15) is 0 Å². The molecule has 0 atom stereocenters. The number of fused-ring (bicyclic) bond motifs is 6. The van der Waals surface area contributed by atoms with E-state index in [1.54, 1.807) is 0 Å². The summed E-state index contributed by atoms with van der Waals surface area (Å²) in [5.74, 6) is 0. The topological polar surface area (TPSA) is 24.7 Å². The van der Waals surface area contributed by atoms with Gasteiger partial charge >= 0.3 is 0 Å². The Hall–Kier alpha value is -4.04. The van der Waals surface area contributed by atoms with Crippen LogP contribution in [0.15, 0.2) is 119 Å². The highest BCUT2D eigenvalue weighted by atomic mass is 15.1. The van der Waals surface area contributed by atoms with Crippen LogP contribution in [0.2, 0.25) is 0 Å². The summed E-state index contributed by atoms with van der Waals surface area (Å²) in [4.78, 5) is 0. The molecular weight excluding hydrogens is 364 g/mol. The summed E-state index contributed by atoms with van der Waals surface area (Å²) < 4.78 is 0. The van der Waals surface area contributed by atoms with E-state index < -0.39 is 0 Å². The molecule has 2 heteroatoms. The van der Waals surface area contributed by atoms with Gasteiger partial charge in [0.25, 0.3) is 0 Å². The minimum absolute atomic E-state index is 0.890. The van der Waals surface area contributed by atoms with E-state index in [2.05, 4.69) is 109 Å². The Morgan fingerprint density at radius 2 is 0.667 bits per heavy atom. The van der Waals surface area contributed by atoms with Crippen molar-refractivity contribution in [2.75, 3.05) is 0 Å². The minimum atomic E-state index is 0.890. The zero-order valence-corrected chi connectivity index (χ0v) is 16.3. The molecule has 0 heterocycles. The third-order valence-electron chi connectivity index (χ3n) is 5.76. The summed E-state index contributed by atoms with van der Waals surface area (Å²) in [6.45, 7) is 0. The maximum atomic E-state index is 4.74. The molecule has 0 amide bonds. The molecular formula is C28H18N2. The molecule has 0 aliphatic heterocycles. The van der Waals surface area contributed by atoms with Crippen LogP contribution < -0.4 is 0 Å². The van der Waals surface area contributed by atoms with Gasteiger partial charge in [0.15, 0.2) is 0 Å². The van der Waals surface area contributed by atoms with Gasteiger partial charge in [-0.15, -0.1) is 10.2 Å². The van der Waals surface area contributed by atoms with E-state index in [0.29, 0.717) is 0 Å². The van der Waals surface area contributed by atoms with Gasteiger partial charge in [0.2, 0.25) is 0 Å². The van der Waals surface area contributed by atoms with Gasteiger partial charge in [-0.3, -0.25) is 0 Å². The molecule has 0 aromatic heterocycles.